The van der Waals surface area contributed by atoms with E-state index in [-0.39, 0.29) is 12.4 Å². The maximum absolute atomic E-state index is 10.6. The molecule has 0 amide bonds. The molecule has 0 atom stereocenters. The molecule has 0 aromatic carbocycles. The van der Waals surface area contributed by atoms with E-state index in [2.05, 4.69) is 4.42 Å². The Kier molecular flexibility index (Phi) is 1.73. The summed E-state index contributed by atoms with van der Waals surface area (Å²) in [5.41, 5.74) is -0.546. The summed E-state index contributed by atoms with van der Waals surface area (Å²) in [4.78, 5) is 10.6. The molecule has 1 aromatic heterocycles. The zero-order valence-corrected chi connectivity index (χ0v) is 5.07. The van der Waals surface area contributed by atoms with Crippen molar-refractivity contribution in [3.63, 3.8) is 0 Å². The molecule has 54 valence electrons. The topological polar surface area (TPSA) is 70.7 Å². The number of aliphatic hydroxyl groups excluding tert-OH is 1. The van der Waals surface area contributed by atoms with Gasteiger partial charge in [-0.05, 0) is 0 Å². The van der Waals surface area contributed by atoms with Crippen molar-refractivity contribution in [3.05, 3.63) is 28.3 Å². The Morgan fingerprint density at radius 3 is 2.80 bits per heavy atom. The molecule has 0 saturated carbocycles. The summed E-state index contributed by atoms with van der Waals surface area (Å²) in [6.07, 6.45) is 0.897. The monoisotopic (exact) mass is 148 g/mol. The van der Waals surface area contributed by atoms with Crippen LogP contribution < -0.4 is 5.43 Å². The van der Waals surface area contributed by atoms with Gasteiger partial charge in [-0.2, -0.15) is 0 Å². The lowest BCUT2D eigenvalue weighted by atomic mass is 11.3. The highest BCUT2D eigenvalue weighted by Crippen LogP contribution is 2.01. The zero-order valence-electron chi connectivity index (χ0n) is 5.07. The molecular formula is C6H6O4. The van der Waals surface area contributed by atoms with Crippen LogP contribution in [0.15, 0.2) is 21.5 Å². The predicted octanol–water partition coefficient (Wildman–Crippen LogP) is -0.162. The van der Waals surface area contributed by atoms with E-state index in [9.17, 15) is 4.79 Å². The highest BCUT2D eigenvalue weighted by atomic mass is 16.5. The number of aliphatic hydroxyl groups is 1. The third-order valence-corrected chi connectivity index (χ3v) is 1.02. The summed E-state index contributed by atoms with van der Waals surface area (Å²) in [5, 5.41) is 17.1. The van der Waals surface area contributed by atoms with Crippen LogP contribution in [0, 0.1) is 0 Å². The van der Waals surface area contributed by atoms with Gasteiger partial charge in [0.15, 0.2) is 5.75 Å². The van der Waals surface area contributed by atoms with Crippen LogP contribution in [0.2, 0.25) is 0 Å². The van der Waals surface area contributed by atoms with Crippen molar-refractivity contribution < 1.29 is 14.6 Å². The average molecular weight is 148 g/mol. The molecule has 0 saturated heterocycles. The van der Waals surface area contributed by atoms with Crippen LogP contribution in [-0.2, 0) is 6.61 Å². The summed E-state index contributed by atoms with van der Waals surface area (Å²) in [7, 11) is 0. The van der Waals surface area contributed by atoms with E-state index in [4.69, 9.17) is 10.2 Å². The molecule has 1 heterocycles. The second-order valence-corrected chi connectivity index (χ2v) is 1.75. The van der Waals surface area contributed by atoms with Crippen LogP contribution in [0.1, 0.15) is 5.76 Å². The Balaban J connectivity index is 3.17. The van der Waals surface area contributed by atoms with Crippen LogP contribution in [0.3, 0.4) is 0 Å². The second kappa shape index (κ2) is 2.53. The van der Waals surface area contributed by atoms with Crippen LogP contribution in [-0.4, -0.2) is 10.2 Å². The second-order valence-electron chi connectivity index (χ2n) is 1.75. The van der Waals surface area contributed by atoms with Crippen LogP contribution in [0.5, 0.6) is 5.75 Å². The first-order valence-electron chi connectivity index (χ1n) is 2.65. The van der Waals surface area contributed by atoms with Gasteiger partial charge in [-0.3, -0.25) is 4.79 Å². The summed E-state index contributed by atoms with van der Waals surface area (Å²) < 4.78 is 4.59. The number of rotatable bonds is 1. The fourth-order valence-corrected chi connectivity index (χ4v) is 0.527. The van der Waals surface area contributed by atoms with E-state index in [0.717, 1.165) is 12.3 Å². The lowest BCUT2D eigenvalue weighted by Crippen LogP contribution is -1.99. The average Bonchev–Trinajstić information content (AvgIpc) is 1.95. The third kappa shape index (κ3) is 1.16. The van der Waals surface area contributed by atoms with Crippen molar-refractivity contribution in [2.75, 3.05) is 0 Å². The van der Waals surface area contributed by atoms with Crippen LogP contribution >= 0.6 is 0 Å². The van der Waals surface area contributed by atoms with E-state index in [1.165, 1.54) is 0 Å². The van der Waals surface area contributed by atoms with E-state index >= 15 is 0 Å². The predicted molar refractivity (Wildman–Crippen MR) is 32.6 cm³/mol. The normalized spacial score (nSPS) is 9.70. The summed E-state index contributed by atoms with van der Waals surface area (Å²) in [6, 6.07) is 1.04. The molecule has 10 heavy (non-hydrogen) atoms. The van der Waals surface area contributed by atoms with Gasteiger partial charge in [0, 0.05) is 6.07 Å². The number of hydrogen-bond donors (Lipinski definition) is 2. The van der Waals surface area contributed by atoms with Crippen LogP contribution in [0.4, 0.5) is 0 Å². The van der Waals surface area contributed by atoms with E-state index in [0.29, 0.717) is 0 Å². The third-order valence-electron chi connectivity index (χ3n) is 1.02. The van der Waals surface area contributed by atoms with Gasteiger partial charge in [0.2, 0.25) is 5.43 Å². The molecule has 0 bridgehead atoms. The fraction of sp³-hybridized carbons (Fsp3) is 0.167. The van der Waals surface area contributed by atoms with Gasteiger partial charge >= 0.3 is 0 Å². The maximum atomic E-state index is 10.6. The lowest BCUT2D eigenvalue weighted by molar-refractivity contribution is 0.241. The van der Waals surface area contributed by atoms with Gasteiger partial charge in [0.1, 0.15) is 18.6 Å². The van der Waals surface area contributed by atoms with Crippen molar-refractivity contribution in [2.24, 2.45) is 0 Å². The summed E-state index contributed by atoms with van der Waals surface area (Å²) >= 11 is 0. The van der Waals surface area contributed by atoms with E-state index < -0.39 is 11.2 Å². The van der Waals surface area contributed by atoms with Crippen molar-refractivity contribution in [2.45, 2.75) is 6.61 Å². The van der Waals surface area contributed by atoms with Crippen molar-refractivity contribution in [1.29, 1.82) is 0 Å². The largest absolute Gasteiger partial charge is 0.502 e. The molecule has 0 radical (unpaired) electrons. The van der Waals surface area contributed by atoms with Gasteiger partial charge in [0.05, 0.1) is 0 Å². The Hall–Kier alpha value is -1.29. The Morgan fingerprint density at radius 2 is 2.30 bits per heavy atom. The zero-order chi connectivity index (χ0) is 7.56. The van der Waals surface area contributed by atoms with Gasteiger partial charge in [0.25, 0.3) is 0 Å². The van der Waals surface area contributed by atoms with E-state index in [1.54, 1.807) is 0 Å². The van der Waals surface area contributed by atoms with E-state index in [1.807, 2.05) is 0 Å². The molecule has 0 aliphatic rings. The highest BCUT2D eigenvalue weighted by molar-refractivity contribution is 5.14. The highest BCUT2D eigenvalue weighted by Gasteiger charge is 1.98. The van der Waals surface area contributed by atoms with Crippen molar-refractivity contribution in [3.8, 4) is 5.75 Å². The summed E-state index contributed by atoms with van der Waals surface area (Å²) in [6.45, 7) is -0.338. The van der Waals surface area contributed by atoms with Gasteiger partial charge in [-0.15, -0.1) is 0 Å². The van der Waals surface area contributed by atoms with Crippen molar-refractivity contribution >= 4 is 0 Å². The minimum atomic E-state index is -0.546. The van der Waals surface area contributed by atoms with Gasteiger partial charge in [-0.1, -0.05) is 0 Å². The minimum Gasteiger partial charge on any atom is -0.502 e. The molecular weight excluding hydrogens is 142 g/mol. The maximum Gasteiger partial charge on any atom is 0.226 e. The first-order valence-corrected chi connectivity index (χ1v) is 2.65. The quantitative estimate of drug-likeness (QED) is 0.542. The fourth-order valence-electron chi connectivity index (χ4n) is 0.527. The lowest BCUT2D eigenvalue weighted by Gasteiger charge is -1.92. The minimum absolute atomic E-state index is 0.141. The van der Waals surface area contributed by atoms with Gasteiger partial charge in [-0.25, -0.2) is 0 Å². The SMILES string of the molecule is O=[13c]1[13cH][13c]([13CH2]O)o[13cH][13c]1O. The first kappa shape index (κ1) is 6.82. The molecule has 4 heteroatoms. The number of hydrogen-bond acceptors (Lipinski definition) is 4. The smallest absolute Gasteiger partial charge is 0.226 e. The Labute approximate surface area is 56.4 Å². The molecule has 4 nitrogen and oxygen atoms in total. The van der Waals surface area contributed by atoms with Gasteiger partial charge < -0.3 is 14.6 Å². The molecule has 0 spiro atoms. The summed E-state index contributed by atoms with van der Waals surface area (Å²) in [5.74, 6) is -0.306. The standard InChI is InChI=1S/C6H6O4/c7-2-4-1-5(8)6(9)3-10-4/h1,3,7,9H,2H2/i1+1,2+1,3+1,4+1,5+1,6+1. The van der Waals surface area contributed by atoms with Crippen molar-refractivity contribution in [1.82, 2.24) is 0 Å². The molecule has 2 N–H and O–H groups in total. The Bertz CT molecular complexity index is 275. The molecule has 1 rings (SSSR count). The van der Waals surface area contributed by atoms with Crippen LogP contribution in [0.25, 0.3) is 0 Å². The molecule has 0 fully saturated rings. The molecule has 0 aliphatic carbocycles. The molecule has 0 aliphatic heterocycles. The molecule has 1 aromatic rings. The molecule has 0 unspecified atom stereocenters. The number of aromatic hydroxyl groups is 1. The Morgan fingerprint density at radius 1 is 1.60 bits per heavy atom. The first-order chi connectivity index (χ1) is 4.74.